The number of hydrogen-bond donors (Lipinski definition) is 1. The maximum Gasteiger partial charge on any atom is 0.150 e. The monoisotopic (exact) mass is 274 g/mol. The fraction of sp³-hybridized carbons (Fsp3) is 0.538. The number of aryl methyl sites for hydroxylation is 2. The number of nitrogens with zero attached hydrogens (tertiary/aromatic N) is 6. The molecular formula is C13H18N6O. The average molecular weight is 274 g/mol. The van der Waals surface area contributed by atoms with Crippen molar-refractivity contribution in [3.05, 3.63) is 30.0 Å². The summed E-state index contributed by atoms with van der Waals surface area (Å²) >= 11 is 0. The van der Waals surface area contributed by atoms with Gasteiger partial charge in [0.2, 0.25) is 0 Å². The van der Waals surface area contributed by atoms with Gasteiger partial charge in [0, 0.05) is 18.9 Å². The fourth-order valence-corrected chi connectivity index (χ4v) is 2.61. The maximum absolute atomic E-state index is 10.7. The average Bonchev–Trinajstić information content (AvgIpc) is 3.03. The van der Waals surface area contributed by atoms with Crippen LogP contribution in [0.3, 0.4) is 0 Å². The van der Waals surface area contributed by atoms with Crippen LogP contribution in [0.4, 0.5) is 5.82 Å². The Kier molecular flexibility index (Phi) is 3.13. The van der Waals surface area contributed by atoms with Gasteiger partial charge in [-0.25, -0.2) is 9.67 Å². The molecular weight excluding hydrogens is 256 g/mol. The lowest BCUT2D eigenvalue weighted by Crippen LogP contribution is -2.38. The lowest BCUT2D eigenvalue weighted by atomic mass is 10.0. The Balaban J connectivity index is 1.77. The minimum absolute atomic E-state index is 0.446. The van der Waals surface area contributed by atoms with E-state index in [9.17, 15) is 5.11 Å². The Morgan fingerprint density at radius 2 is 2.25 bits per heavy atom. The number of aliphatic hydroxyl groups is 1. The first-order valence-corrected chi connectivity index (χ1v) is 6.67. The van der Waals surface area contributed by atoms with Crippen LogP contribution in [-0.4, -0.2) is 48.8 Å². The summed E-state index contributed by atoms with van der Waals surface area (Å²) in [6.45, 7) is 5.61. The van der Waals surface area contributed by atoms with Gasteiger partial charge in [-0.3, -0.25) is 4.98 Å². The van der Waals surface area contributed by atoms with E-state index in [1.54, 1.807) is 23.3 Å². The fourth-order valence-electron chi connectivity index (χ4n) is 2.61. The molecule has 0 bridgehead atoms. The topological polar surface area (TPSA) is 80.0 Å². The molecule has 2 aromatic rings. The van der Waals surface area contributed by atoms with Gasteiger partial charge in [0.25, 0.3) is 0 Å². The molecule has 1 unspecified atom stereocenters. The zero-order valence-corrected chi connectivity index (χ0v) is 11.7. The molecule has 106 valence electrons. The zero-order valence-electron chi connectivity index (χ0n) is 11.7. The molecule has 1 aliphatic heterocycles. The van der Waals surface area contributed by atoms with E-state index >= 15 is 0 Å². The van der Waals surface area contributed by atoms with Gasteiger partial charge in [-0.15, -0.1) is 5.10 Å². The molecule has 1 N–H and O–H groups in total. The number of anilines is 1. The molecule has 0 saturated carbocycles. The number of β-amino-alcohol motifs (C(OH)–C–C–N with tert-alkyl or cyclic N) is 1. The highest BCUT2D eigenvalue weighted by Crippen LogP contribution is 2.28. The van der Waals surface area contributed by atoms with Gasteiger partial charge in [0.15, 0.2) is 0 Å². The predicted octanol–water partition coefficient (Wildman–Crippen LogP) is 0.326. The molecule has 3 heterocycles. The Bertz CT molecular complexity index is 599. The summed E-state index contributed by atoms with van der Waals surface area (Å²) in [4.78, 5) is 11.0. The molecule has 7 nitrogen and oxygen atoms in total. The van der Waals surface area contributed by atoms with Crippen molar-refractivity contribution < 1.29 is 5.11 Å². The molecule has 7 heteroatoms. The van der Waals surface area contributed by atoms with Crippen molar-refractivity contribution in [3.8, 4) is 0 Å². The summed E-state index contributed by atoms with van der Waals surface area (Å²) in [6.07, 6.45) is 5.82. The van der Waals surface area contributed by atoms with Crippen LogP contribution in [0.5, 0.6) is 0 Å². The van der Waals surface area contributed by atoms with Crippen LogP contribution in [0.2, 0.25) is 0 Å². The minimum atomic E-state index is -0.800. The van der Waals surface area contributed by atoms with Crippen molar-refractivity contribution >= 4 is 5.82 Å². The molecule has 2 aromatic heterocycles. The van der Waals surface area contributed by atoms with Crippen molar-refractivity contribution in [3.63, 3.8) is 0 Å². The highest BCUT2D eigenvalue weighted by atomic mass is 16.3. The summed E-state index contributed by atoms with van der Waals surface area (Å²) in [6, 6.07) is 0. The zero-order chi connectivity index (χ0) is 14.2. The summed E-state index contributed by atoms with van der Waals surface area (Å²) in [5.41, 5.74) is 0.976. The van der Waals surface area contributed by atoms with E-state index in [4.69, 9.17) is 0 Å². The number of aromatic nitrogens is 5. The van der Waals surface area contributed by atoms with Gasteiger partial charge in [-0.05, 0) is 20.3 Å². The first kappa shape index (κ1) is 13.0. The van der Waals surface area contributed by atoms with Crippen molar-refractivity contribution in [2.24, 2.45) is 0 Å². The normalized spacial score (nSPS) is 22.4. The van der Waals surface area contributed by atoms with Gasteiger partial charge >= 0.3 is 0 Å². The van der Waals surface area contributed by atoms with Gasteiger partial charge in [-0.1, -0.05) is 5.21 Å². The second-order valence-corrected chi connectivity index (χ2v) is 5.42. The summed E-state index contributed by atoms with van der Waals surface area (Å²) < 4.78 is 1.66. The smallest absolute Gasteiger partial charge is 0.150 e. The van der Waals surface area contributed by atoms with Crippen molar-refractivity contribution in [1.29, 1.82) is 0 Å². The second kappa shape index (κ2) is 4.82. The van der Waals surface area contributed by atoms with Crippen LogP contribution in [0, 0.1) is 13.8 Å². The third kappa shape index (κ3) is 2.49. The van der Waals surface area contributed by atoms with Crippen molar-refractivity contribution in [2.75, 3.05) is 18.0 Å². The van der Waals surface area contributed by atoms with E-state index < -0.39 is 5.60 Å². The van der Waals surface area contributed by atoms with Crippen LogP contribution in [0.15, 0.2) is 18.6 Å². The second-order valence-electron chi connectivity index (χ2n) is 5.42. The maximum atomic E-state index is 10.7. The van der Waals surface area contributed by atoms with E-state index in [1.165, 1.54) is 0 Å². The predicted molar refractivity (Wildman–Crippen MR) is 73.3 cm³/mol. The summed E-state index contributed by atoms with van der Waals surface area (Å²) in [5.74, 6) is 0.861. The van der Waals surface area contributed by atoms with E-state index in [2.05, 4.69) is 25.2 Å². The van der Waals surface area contributed by atoms with Crippen molar-refractivity contribution in [1.82, 2.24) is 25.0 Å². The molecule has 0 spiro atoms. The Morgan fingerprint density at radius 1 is 1.40 bits per heavy atom. The van der Waals surface area contributed by atoms with Gasteiger partial charge in [-0.2, -0.15) is 0 Å². The molecule has 0 radical (unpaired) electrons. The SMILES string of the molecule is Cc1cnc(C)c(N2CCC(O)(Cn3ccnn3)C2)n1. The Morgan fingerprint density at radius 3 is 3.00 bits per heavy atom. The van der Waals surface area contributed by atoms with E-state index in [-0.39, 0.29) is 0 Å². The molecule has 1 saturated heterocycles. The molecule has 1 fully saturated rings. The summed E-state index contributed by atoms with van der Waals surface area (Å²) in [7, 11) is 0. The van der Waals surface area contributed by atoms with Crippen LogP contribution in [-0.2, 0) is 6.54 Å². The molecule has 20 heavy (non-hydrogen) atoms. The highest BCUT2D eigenvalue weighted by molar-refractivity contribution is 5.45. The molecule has 0 aromatic carbocycles. The van der Waals surface area contributed by atoms with Crippen LogP contribution < -0.4 is 4.90 Å². The molecule has 1 aliphatic rings. The third-order valence-electron chi connectivity index (χ3n) is 3.61. The molecule has 0 aliphatic carbocycles. The first-order valence-electron chi connectivity index (χ1n) is 6.67. The first-order chi connectivity index (χ1) is 9.56. The van der Waals surface area contributed by atoms with Gasteiger partial charge in [0.05, 0.1) is 30.7 Å². The number of hydrogen-bond acceptors (Lipinski definition) is 6. The van der Waals surface area contributed by atoms with Crippen LogP contribution in [0.25, 0.3) is 0 Å². The lowest BCUT2D eigenvalue weighted by Gasteiger charge is -2.24. The van der Waals surface area contributed by atoms with E-state index in [1.807, 2.05) is 13.8 Å². The molecule has 3 rings (SSSR count). The Hall–Kier alpha value is -2.02. The van der Waals surface area contributed by atoms with Crippen LogP contribution >= 0.6 is 0 Å². The quantitative estimate of drug-likeness (QED) is 0.868. The minimum Gasteiger partial charge on any atom is -0.386 e. The number of rotatable bonds is 3. The van der Waals surface area contributed by atoms with Crippen molar-refractivity contribution in [2.45, 2.75) is 32.4 Å². The van der Waals surface area contributed by atoms with E-state index in [0.29, 0.717) is 19.5 Å². The summed E-state index contributed by atoms with van der Waals surface area (Å²) in [5, 5.41) is 18.4. The van der Waals surface area contributed by atoms with Gasteiger partial charge in [0.1, 0.15) is 11.4 Å². The molecule has 0 amide bonds. The lowest BCUT2D eigenvalue weighted by molar-refractivity contribution is 0.0408. The van der Waals surface area contributed by atoms with Crippen LogP contribution in [0.1, 0.15) is 17.8 Å². The van der Waals surface area contributed by atoms with E-state index in [0.717, 1.165) is 23.8 Å². The van der Waals surface area contributed by atoms with Gasteiger partial charge < -0.3 is 10.0 Å². The highest BCUT2D eigenvalue weighted by Gasteiger charge is 2.37. The third-order valence-corrected chi connectivity index (χ3v) is 3.61. The largest absolute Gasteiger partial charge is 0.386 e. The standard InChI is InChI=1S/C13H18N6O/c1-10-7-14-11(2)12(16-10)18-5-3-13(20,8-18)9-19-6-4-15-17-19/h4,6-7,20H,3,5,8-9H2,1-2H3. The molecule has 1 atom stereocenters. The Labute approximate surface area is 117 Å².